The van der Waals surface area contributed by atoms with E-state index in [-0.39, 0.29) is 0 Å². The second-order valence-electron chi connectivity index (χ2n) is 2.80. The zero-order valence-electron chi connectivity index (χ0n) is 7.51. The highest BCUT2D eigenvalue weighted by molar-refractivity contribution is 4.84. The Morgan fingerprint density at radius 3 is 2.45 bits per heavy atom. The molecule has 2 N–H and O–H groups in total. The summed E-state index contributed by atoms with van der Waals surface area (Å²) in [6.07, 6.45) is 4.04. The zero-order valence-corrected chi connectivity index (χ0v) is 7.51. The minimum absolute atomic E-state index is 0.378. The van der Waals surface area contributed by atoms with Crippen LogP contribution in [0.3, 0.4) is 0 Å². The Kier molecular flexibility index (Phi) is 5.87. The standard InChI is InChI=1S/C7H12N2.C2H6/c8-4-3-6-1-2-7(9)5-6;1-2/h6-7H,1-3,5,9H2;1-2H3. The molecule has 1 aliphatic carbocycles. The third-order valence-corrected chi connectivity index (χ3v) is 1.96. The number of rotatable bonds is 1. The fraction of sp³-hybridized carbons (Fsp3) is 0.889. The van der Waals surface area contributed by atoms with Crippen molar-refractivity contribution in [2.24, 2.45) is 11.7 Å². The van der Waals surface area contributed by atoms with Crippen molar-refractivity contribution in [1.82, 2.24) is 0 Å². The number of nitriles is 1. The summed E-state index contributed by atoms with van der Waals surface area (Å²) >= 11 is 0. The van der Waals surface area contributed by atoms with Crippen LogP contribution in [0.4, 0.5) is 0 Å². The molecular formula is C9H18N2. The van der Waals surface area contributed by atoms with E-state index in [0.29, 0.717) is 18.4 Å². The molecule has 0 bridgehead atoms. The van der Waals surface area contributed by atoms with E-state index in [9.17, 15) is 0 Å². The van der Waals surface area contributed by atoms with Crippen LogP contribution in [0.15, 0.2) is 0 Å². The minimum Gasteiger partial charge on any atom is -0.328 e. The first-order valence-electron chi connectivity index (χ1n) is 4.45. The molecule has 11 heavy (non-hydrogen) atoms. The Morgan fingerprint density at radius 2 is 2.09 bits per heavy atom. The van der Waals surface area contributed by atoms with Crippen molar-refractivity contribution in [2.75, 3.05) is 0 Å². The van der Waals surface area contributed by atoms with Crippen LogP contribution < -0.4 is 5.73 Å². The molecular weight excluding hydrogens is 136 g/mol. The lowest BCUT2D eigenvalue weighted by Gasteiger charge is -2.00. The van der Waals surface area contributed by atoms with Gasteiger partial charge in [-0.2, -0.15) is 5.26 Å². The van der Waals surface area contributed by atoms with Gasteiger partial charge in [-0.15, -0.1) is 0 Å². The molecule has 1 fully saturated rings. The Morgan fingerprint density at radius 1 is 1.45 bits per heavy atom. The number of hydrogen-bond acceptors (Lipinski definition) is 2. The van der Waals surface area contributed by atoms with Gasteiger partial charge in [0.25, 0.3) is 0 Å². The van der Waals surface area contributed by atoms with E-state index in [4.69, 9.17) is 11.0 Å². The van der Waals surface area contributed by atoms with Crippen molar-refractivity contribution in [3.8, 4) is 6.07 Å². The second kappa shape index (κ2) is 6.18. The van der Waals surface area contributed by atoms with E-state index in [2.05, 4.69) is 6.07 Å². The highest BCUT2D eigenvalue weighted by Crippen LogP contribution is 2.26. The second-order valence-corrected chi connectivity index (χ2v) is 2.80. The number of nitrogens with two attached hydrogens (primary N) is 1. The average Bonchev–Trinajstić information content (AvgIpc) is 2.41. The number of nitrogens with zero attached hydrogens (tertiary/aromatic N) is 1. The van der Waals surface area contributed by atoms with Gasteiger partial charge in [-0.05, 0) is 25.2 Å². The van der Waals surface area contributed by atoms with Crippen LogP contribution in [-0.2, 0) is 0 Å². The summed E-state index contributed by atoms with van der Waals surface area (Å²) in [6.45, 7) is 4.00. The average molecular weight is 154 g/mol. The van der Waals surface area contributed by atoms with Gasteiger partial charge in [0.2, 0.25) is 0 Å². The molecule has 0 aromatic rings. The predicted molar refractivity (Wildman–Crippen MR) is 46.9 cm³/mol. The van der Waals surface area contributed by atoms with Crippen LogP contribution in [0, 0.1) is 17.2 Å². The Labute approximate surface area is 69.4 Å². The molecule has 0 aromatic heterocycles. The molecule has 1 saturated carbocycles. The van der Waals surface area contributed by atoms with Crippen molar-refractivity contribution in [3.63, 3.8) is 0 Å². The Bertz CT molecular complexity index is 126. The van der Waals surface area contributed by atoms with Crippen LogP contribution in [0.5, 0.6) is 0 Å². The molecule has 2 unspecified atom stereocenters. The summed E-state index contributed by atoms with van der Waals surface area (Å²) in [5.74, 6) is 0.602. The molecule has 1 rings (SSSR count). The van der Waals surface area contributed by atoms with Gasteiger partial charge in [0.05, 0.1) is 6.07 Å². The molecule has 64 valence electrons. The first-order valence-corrected chi connectivity index (χ1v) is 4.45. The van der Waals surface area contributed by atoms with Gasteiger partial charge in [0.1, 0.15) is 0 Å². The first kappa shape index (κ1) is 10.4. The smallest absolute Gasteiger partial charge is 0.0624 e. The summed E-state index contributed by atoms with van der Waals surface area (Å²) in [5.41, 5.74) is 5.65. The summed E-state index contributed by atoms with van der Waals surface area (Å²) in [6, 6.07) is 2.55. The fourth-order valence-corrected chi connectivity index (χ4v) is 1.43. The zero-order chi connectivity index (χ0) is 8.69. The summed E-state index contributed by atoms with van der Waals surface area (Å²) in [4.78, 5) is 0. The van der Waals surface area contributed by atoms with Crippen molar-refractivity contribution < 1.29 is 0 Å². The molecule has 1 aliphatic rings. The molecule has 0 aromatic carbocycles. The van der Waals surface area contributed by atoms with E-state index in [1.165, 1.54) is 0 Å². The molecule has 0 heterocycles. The van der Waals surface area contributed by atoms with E-state index in [1.807, 2.05) is 13.8 Å². The third-order valence-electron chi connectivity index (χ3n) is 1.96. The predicted octanol–water partition coefficient (Wildman–Crippen LogP) is 2.05. The van der Waals surface area contributed by atoms with Gasteiger partial charge in [-0.1, -0.05) is 13.8 Å². The molecule has 0 aliphatic heterocycles. The van der Waals surface area contributed by atoms with Gasteiger partial charge in [-0.3, -0.25) is 0 Å². The van der Waals surface area contributed by atoms with Crippen LogP contribution in [0.1, 0.15) is 39.5 Å². The summed E-state index contributed by atoms with van der Waals surface area (Å²) in [7, 11) is 0. The quantitative estimate of drug-likeness (QED) is 0.628. The van der Waals surface area contributed by atoms with Crippen molar-refractivity contribution in [3.05, 3.63) is 0 Å². The highest BCUT2D eigenvalue weighted by atomic mass is 14.6. The lowest BCUT2D eigenvalue weighted by atomic mass is 10.1. The van der Waals surface area contributed by atoms with Gasteiger partial charge in [0.15, 0.2) is 0 Å². The molecule has 2 atom stereocenters. The molecule has 2 heteroatoms. The molecule has 0 saturated heterocycles. The van der Waals surface area contributed by atoms with Gasteiger partial charge < -0.3 is 5.73 Å². The fourth-order valence-electron chi connectivity index (χ4n) is 1.43. The maximum atomic E-state index is 8.32. The van der Waals surface area contributed by atoms with Crippen LogP contribution >= 0.6 is 0 Å². The molecule has 0 radical (unpaired) electrons. The van der Waals surface area contributed by atoms with E-state index >= 15 is 0 Å². The molecule has 0 amide bonds. The van der Waals surface area contributed by atoms with Crippen molar-refractivity contribution in [2.45, 2.75) is 45.6 Å². The van der Waals surface area contributed by atoms with Crippen LogP contribution in [0.25, 0.3) is 0 Å². The van der Waals surface area contributed by atoms with Crippen LogP contribution in [-0.4, -0.2) is 6.04 Å². The third kappa shape index (κ3) is 4.00. The SMILES string of the molecule is CC.N#CCC1CCC(N)C1. The van der Waals surface area contributed by atoms with Crippen molar-refractivity contribution in [1.29, 1.82) is 5.26 Å². The van der Waals surface area contributed by atoms with E-state index in [0.717, 1.165) is 19.3 Å². The largest absolute Gasteiger partial charge is 0.328 e. The Balaban J connectivity index is 0.000000461. The van der Waals surface area contributed by atoms with E-state index in [1.54, 1.807) is 0 Å². The van der Waals surface area contributed by atoms with Gasteiger partial charge in [0, 0.05) is 12.5 Å². The maximum Gasteiger partial charge on any atom is 0.0624 e. The normalized spacial score (nSPS) is 28.5. The topological polar surface area (TPSA) is 49.8 Å². The molecule has 2 nitrogen and oxygen atoms in total. The number of hydrogen-bond donors (Lipinski definition) is 1. The van der Waals surface area contributed by atoms with Gasteiger partial charge in [-0.25, -0.2) is 0 Å². The summed E-state index contributed by atoms with van der Waals surface area (Å²) in [5, 5.41) is 8.32. The Hall–Kier alpha value is -0.550. The van der Waals surface area contributed by atoms with Crippen LogP contribution in [0.2, 0.25) is 0 Å². The lowest BCUT2D eigenvalue weighted by Crippen LogP contribution is -2.14. The van der Waals surface area contributed by atoms with Gasteiger partial charge >= 0.3 is 0 Å². The lowest BCUT2D eigenvalue weighted by molar-refractivity contribution is 0.551. The summed E-state index contributed by atoms with van der Waals surface area (Å²) < 4.78 is 0. The maximum absolute atomic E-state index is 8.32. The monoisotopic (exact) mass is 154 g/mol. The highest BCUT2D eigenvalue weighted by Gasteiger charge is 2.20. The van der Waals surface area contributed by atoms with Crippen molar-refractivity contribution >= 4 is 0 Å². The minimum atomic E-state index is 0.378. The molecule has 0 spiro atoms. The first-order chi connectivity index (χ1) is 5.33. The van der Waals surface area contributed by atoms with E-state index < -0.39 is 0 Å².